The minimum Gasteiger partial charge on any atom is -0.314 e. The van der Waals surface area contributed by atoms with Crippen LogP contribution in [0.15, 0.2) is 0 Å². The van der Waals surface area contributed by atoms with Crippen molar-refractivity contribution in [3.63, 3.8) is 0 Å². The Balaban J connectivity index is 3.12. The van der Waals surface area contributed by atoms with Crippen molar-refractivity contribution in [2.24, 2.45) is 0 Å². The Kier molecular flexibility index (Phi) is 5.22. The molecule has 0 heterocycles. The number of hydrogen-bond acceptors (Lipinski definition) is 2. The van der Waals surface area contributed by atoms with E-state index in [2.05, 4.69) is 19.2 Å². The summed E-state index contributed by atoms with van der Waals surface area (Å²) in [5, 5.41) is 3.19. The van der Waals surface area contributed by atoms with E-state index >= 15 is 0 Å². The van der Waals surface area contributed by atoms with Crippen LogP contribution in [0.4, 0.5) is 0 Å². The third-order valence-corrected chi connectivity index (χ3v) is 1.35. The number of carbonyl (C=O) groups excluding carboxylic acids is 1. The number of hydrogen-bond donors (Lipinski definition) is 1. The molecule has 0 aliphatic rings. The third kappa shape index (κ3) is 5.76. The van der Waals surface area contributed by atoms with Crippen LogP contribution in [0, 0.1) is 0 Å². The fourth-order valence-corrected chi connectivity index (χ4v) is 0.677. The van der Waals surface area contributed by atoms with E-state index in [0.29, 0.717) is 24.7 Å². The SMILES string of the molecule is CCC(=O)CCNC(C)C. The van der Waals surface area contributed by atoms with Gasteiger partial charge in [0, 0.05) is 25.4 Å². The maximum absolute atomic E-state index is 10.8. The Hall–Kier alpha value is -0.370. The van der Waals surface area contributed by atoms with Crippen molar-refractivity contribution in [1.82, 2.24) is 5.32 Å². The molecule has 0 spiro atoms. The molecule has 0 fully saturated rings. The molecule has 0 saturated carbocycles. The lowest BCUT2D eigenvalue weighted by atomic mass is 10.2. The second-order valence-electron chi connectivity index (χ2n) is 2.75. The molecule has 2 nitrogen and oxygen atoms in total. The predicted molar refractivity (Wildman–Crippen MR) is 43.1 cm³/mol. The Morgan fingerprint density at radius 1 is 1.50 bits per heavy atom. The van der Waals surface area contributed by atoms with Crippen LogP contribution in [0.25, 0.3) is 0 Å². The lowest BCUT2D eigenvalue weighted by molar-refractivity contribution is -0.118. The Morgan fingerprint density at radius 2 is 2.10 bits per heavy atom. The van der Waals surface area contributed by atoms with Crippen LogP contribution < -0.4 is 5.32 Å². The van der Waals surface area contributed by atoms with Crippen molar-refractivity contribution in [1.29, 1.82) is 0 Å². The molecular weight excluding hydrogens is 126 g/mol. The van der Waals surface area contributed by atoms with Crippen molar-refractivity contribution in [2.75, 3.05) is 6.54 Å². The van der Waals surface area contributed by atoms with Gasteiger partial charge < -0.3 is 5.32 Å². The van der Waals surface area contributed by atoms with Crippen molar-refractivity contribution < 1.29 is 4.79 Å². The van der Waals surface area contributed by atoms with E-state index in [0.717, 1.165) is 6.54 Å². The van der Waals surface area contributed by atoms with Gasteiger partial charge in [-0.15, -0.1) is 0 Å². The van der Waals surface area contributed by atoms with Gasteiger partial charge in [-0.3, -0.25) is 4.79 Å². The predicted octanol–water partition coefficient (Wildman–Crippen LogP) is 1.35. The zero-order chi connectivity index (χ0) is 7.98. The average Bonchev–Trinajstić information content (AvgIpc) is 1.87. The molecule has 0 bridgehead atoms. The first-order valence-corrected chi connectivity index (χ1v) is 3.92. The van der Waals surface area contributed by atoms with Gasteiger partial charge in [0.05, 0.1) is 0 Å². The summed E-state index contributed by atoms with van der Waals surface area (Å²) >= 11 is 0. The summed E-state index contributed by atoms with van der Waals surface area (Å²) < 4.78 is 0. The molecule has 0 saturated heterocycles. The van der Waals surface area contributed by atoms with Crippen LogP contribution in [0.5, 0.6) is 0 Å². The van der Waals surface area contributed by atoms with Crippen LogP contribution >= 0.6 is 0 Å². The molecule has 0 radical (unpaired) electrons. The minimum absolute atomic E-state index is 0.341. The van der Waals surface area contributed by atoms with Crippen molar-refractivity contribution in [3.8, 4) is 0 Å². The highest BCUT2D eigenvalue weighted by Crippen LogP contribution is 1.87. The van der Waals surface area contributed by atoms with Crippen LogP contribution in [-0.4, -0.2) is 18.4 Å². The third-order valence-electron chi connectivity index (χ3n) is 1.35. The van der Waals surface area contributed by atoms with Crippen molar-refractivity contribution in [2.45, 2.75) is 39.7 Å². The summed E-state index contributed by atoms with van der Waals surface area (Å²) in [4.78, 5) is 10.8. The lowest BCUT2D eigenvalue weighted by Crippen LogP contribution is -2.25. The van der Waals surface area contributed by atoms with Gasteiger partial charge in [-0.05, 0) is 0 Å². The highest BCUT2D eigenvalue weighted by atomic mass is 16.1. The van der Waals surface area contributed by atoms with E-state index < -0.39 is 0 Å². The van der Waals surface area contributed by atoms with Gasteiger partial charge in [0.15, 0.2) is 0 Å². The molecule has 60 valence electrons. The van der Waals surface area contributed by atoms with E-state index in [1.54, 1.807) is 0 Å². The van der Waals surface area contributed by atoms with Crippen LogP contribution in [0.3, 0.4) is 0 Å². The van der Waals surface area contributed by atoms with Crippen LogP contribution in [0.1, 0.15) is 33.6 Å². The Morgan fingerprint density at radius 3 is 2.50 bits per heavy atom. The number of ketones is 1. The smallest absolute Gasteiger partial charge is 0.133 e. The molecule has 0 aliphatic heterocycles. The van der Waals surface area contributed by atoms with Crippen molar-refractivity contribution in [3.05, 3.63) is 0 Å². The van der Waals surface area contributed by atoms with E-state index in [-0.39, 0.29) is 0 Å². The van der Waals surface area contributed by atoms with Gasteiger partial charge in [0.2, 0.25) is 0 Å². The van der Waals surface area contributed by atoms with E-state index in [1.165, 1.54) is 0 Å². The monoisotopic (exact) mass is 143 g/mol. The zero-order valence-corrected chi connectivity index (χ0v) is 7.11. The first-order valence-electron chi connectivity index (χ1n) is 3.92. The van der Waals surface area contributed by atoms with Crippen LogP contribution in [0.2, 0.25) is 0 Å². The largest absolute Gasteiger partial charge is 0.314 e. The summed E-state index contributed by atoms with van der Waals surface area (Å²) in [6.45, 7) is 6.88. The van der Waals surface area contributed by atoms with Gasteiger partial charge >= 0.3 is 0 Å². The number of carbonyl (C=O) groups is 1. The highest BCUT2D eigenvalue weighted by molar-refractivity contribution is 5.78. The Labute approximate surface area is 63.0 Å². The van der Waals surface area contributed by atoms with Gasteiger partial charge in [-0.1, -0.05) is 20.8 Å². The van der Waals surface area contributed by atoms with Gasteiger partial charge in [0.25, 0.3) is 0 Å². The summed E-state index contributed by atoms with van der Waals surface area (Å²) in [5.41, 5.74) is 0. The molecule has 0 rings (SSSR count). The van der Waals surface area contributed by atoms with Crippen LogP contribution in [-0.2, 0) is 4.79 Å². The summed E-state index contributed by atoms with van der Waals surface area (Å²) in [6.07, 6.45) is 1.34. The van der Waals surface area contributed by atoms with Crippen molar-refractivity contribution >= 4 is 5.78 Å². The standard InChI is InChI=1S/C8H17NO/c1-4-8(10)5-6-9-7(2)3/h7,9H,4-6H2,1-3H3. The molecule has 2 heteroatoms. The second-order valence-corrected chi connectivity index (χ2v) is 2.75. The van der Waals surface area contributed by atoms with E-state index in [4.69, 9.17) is 0 Å². The normalized spacial score (nSPS) is 10.4. The van der Waals surface area contributed by atoms with E-state index in [9.17, 15) is 4.79 Å². The van der Waals surface area contributed by atoms with Gasteiger partial charge in [-0.25, -0.2) is 0 Å². The molecule has 10 heavy (non-hydrogen) atoms. The molecule has 0 aromatic rings. The molecule has 0 atom stereocenters. The highest BCUT2D eigenvalue weighted by Gasteiger charge is 1.97. The molecular formula is C8H17NO. The molecule has 0 aromatic heterocycles. The second kappa shape index (κ2) is 5.42. The Bertz CT molecular complexity index is 99.4. The average molecular weight is 143 g/mol. The fourth-order valence-electron chi connectivity index (χ4n) is 0.677. The minimum atomic E-state index is 0.341. The molecule has 0 amide bonds. The first kappa shape index (κ1) is 9.63. The summed E-state index contributed by atoms with van der Waals surface area (Å²) in [6, 6.07) is 0.490. The summed E-state index contributed by atoms with van der Waals surface area (Å²) in [5.74, 6) is 0.341. The molecule has 1 N–H and O–H groups in total. The number of Topliss-reactive ketones (excluding diaryl/α,β-unsaturated/α-hetero) is 1. The molecule has 0 unspecified atom stereocenters. The number of nitrogens with one attached hydrogen (secondary N) is 1. The lowest BCUT2D eigenvalue weighted by Gasteiger charge is -2.05. The van der Waals surface area contributed by atoms with Gasteiger partial charge in [-0.2, -0.15) is 0 Å². The topological polar surface area (TPSA) is 29.1 Å². The molecule has 0 aromatic carbocycles. The fraction of sp³-hybridized carbons (Fsp3) is 0.875. The first-order chi connectivity index (χ1) is 4.66. The summed E-state index contributed by atoms with van der Waals surface area (Å²) in [7, 11) is 0. The number of rotatable bonds is 5. The van der Waals surface area contributed by atoms with E-state index in [1.807, 2.05) is 6.92 Å². The maximum atomic E-state index is 10.8. The molecule has 0 aliphatic carbocycles. The maximum Gasteiger partial charge on any atom is 0.133 e. The van der Waals surface area contributed by atoms with Gasteiger partial charge in [0.1, 0.15) is 5.78 Å². The quantitative estimate of drug-likeness (QED) is 0.629. The zero-order valence-electron chi connectivity index (χ0n) is 7.11.